The molecule has 0 unspecified atom stereocenters. The minimum absolute atomic E-state index is 0.382. The number of carbonyl (C=O) groups is 2. The average molecular weight is 846 g/mol. The van der Waals surface area contributed by atoms with Gasteiger partial charge in [0.25, 0.3) is 0 Å². The lowest BCUT2D eigenvalue weighted by Crippen LogP contribution is -2.35. The molecule has 1 fully saturated rings. The number of hydrogen-bond donors (Lipinski definition) is 0. The van der Waals surface area contributed by atoms with Crippen LogP contribution in [0.2, 0.25) is 0 Å². The zero-order valence-corrected chi connectivity index (χ0v) is 40.0. The van der Waals surface area contributed by atoms with Gasteiger partial charge < -0.3 is 9.80 Å². The quantitative estimate of drug-likeness (QED) is 0.0648. The smallest absolute Gasteiger partial charge is 0.222 e. The second kappa shape index (κ2) is 43.9. The molecule has 1 rings (SSSR count). The summed E-state index contributed by atoms with van der Waals surface area (Å²) in [6.07, 6.45) is 40.9. The molecule has 0 spiro atoms. The average Bonchev–Trinajstić information content (AvgIpc) is 3.19. The van der Waals surface area contributed by atoms with Crippen molar-refractivity contribution in [2.24, 2.45) is 0 Å². The minimum atomic E-state index is 0.382. The summed E-state index contributed by atoms with van der Waals surface area (Å²) in [7, 11) is 0. The number of nitrogens with zero attached hydrogens (tertiary/aromatic N) is 2. The van der Waals surface area contributed by atoms with E-state index in [1.165, 1.54) is 173 Å². The Hall–Kier alpha value is 0.340. The van der Waals surface area contributed by atoms with E-state index in [0.717, 1.165) is 97.9 Å². The number of hydrogen-bond acceptors (Lipinski definition) is 6. The van der Waals surface area contributed by atoms with Crippen LogP contribution in [0, 0.1) is 0 Å². The van der Waals surface area contributed by atoms with Crippen molar-refractivity contribution in [1.29, 1.82) is 0 Å². The first kappa shape index (κ1) is 53.4. The van der Waals surface area contributed by atoms with Gasteiger partial charge in [0.15, 0.2) is 0 Å². The van der Waals surface area contributed by atoms with Crippen molar-refractivity contribution in [1.82, 2.24) is 9.80 Å². The van der Waals surface area contributed by atoms with Crippen molar-refractivity contribution in [2.75, 3.05) is 72.2 Å². The summed E-state index contributed by atoms with van der Waals surface area (Å²) in [4.78, 5) is 30.7. The zero-order chi connectivity index (χ0) is 39.5. The molecule has 2 amide bonds. The first-order chi connectivity index (χ1) is 27.2. The Morgan fingerprint density at radius 3 is 0.727 bits per heavy atom. The molecule has 0 atom stereocenters. The van der Waals surface area contributed by atoms with Crippen LogP contribution in [0.15, 0.2) is 0 Å². The Morgan fingerprint density at radius 1 is 0.309 bits per heavy atom. The van der Waals surface area contributed by atoms with Crippen LogP contribution in [0.1, 0.15) is 213 Å². The molecule has 55 heavy (non-hydrogen) atoms. The molecule has 0 saturated carbocycles. The molecular formula is C47H92N2O2S4. The topological polar surface area (TPSA) is 40.6 Å². The molecule has 1 heterocycles. The van der Waals surface area contributed by atoms with E-state index >= 15 is 0 Å². The summed E-state index contributed by atoms with van der Waals surface area (Å²) in [6, 6.07) is 0. The molecule has 8 heteroatoms. The van der Waals surface area contributed by atoms with Crippen LogP contribution in [0.25, 0.3) is 0 Å². The van der Waals surface area contributed by atoms with Gasteiger partial charge in [-0.15, -0.1) is 0 Å². The Kier molecular flexibility index (Phi) is 42.6. The van der Waals surface area contributed by atoms with E-state index in [0.29, 0.717) is 11.8 Å². The molecule has 0 aromatic rings. The third kappa shape index (κ3) is 37.1. The second-order valence-electron chi connectivity index (χ2n) is 16.3. The largest absolute Gasteiger partial charge is 0.341 e. The Bertz CT molecular complexity index is 800. The fourth-order valence-corrected chi connectivity index (χ4v) is 11.6. The number of carbonyl (C=O) groups excluding carboxylic acids is 2. The van der Waals surface area contributed by atoms with Gasteiger partial charge in [-0.2, -0.15) is 47.0 Å². The van der Waals surface area contributed by atoms with Gasteiger partial charge in [-0.3, -0.25) is 9.59 Å². The highest BCUT2D eigenvalue weighted by atomic mass is 32.2. The van der Waals surface area contributed by atoms with E-state index < -0.39 is 0 Å². The summed E-state index contributed by atoms with van der Waals surface area (Å²) in [6.45, 7) is 8.16. The van der Waals surface area contributed by atoms with Gasteiger partial charge >= 0.3 is 0 Å². The third-order valence-electron chi connectivity index (χ3n) is 11.2. The molecule has 0 aromatic heterocycles. The molecule has 0 bridgehead atoms. The molecule has 0 N–H and O–H groups in total. The maximum atomic E-state index is 13.2. The van der Waals surface area contributed by atoms with Crippen LogP contribution in [0.5, 0.6) is 0 Å². The van der Waals surface area contributed by atoms with Gasteiger partial charge in [-0.1, -0.05) is 187 Å². The third-order valence-corrected chi connectivity index (χ3v) is 15.6. The van der Waals surface area contributed by atoms with E-state index in [2.05, 4.69) is 23.6 Å². The van der Waals surface area contributed by atoms with Crippen molar-refractivity contribution >= 4 is 58.9 Å². The predicted molar refractivity (Wildman–Crippen MR) is 257 cm³/mol. The summed E-state index contributed by atoms with van der Waals surface area (Å²) in [5, 5.41) is 0. The highest BCUT2D eigenvalue weighted by molar-refractivity contribution is 8.03. The SMILES string of the molecule is CCCCCCCCCCCCCCCCCC(=O)N1CCSCCSCCN(C(=O)CCCCCCCCCCCCCCCC)CCSCCSCC1. The fraction of sp³-hybridized carbons (Fsp3) is 0.957. The van der Waals surface area contributed by atoms with Crippen LogP contribution in [-0.2, 0) is 9.59 Å². The molecule has 1 aliphatic rings. The maximum absolute atomic E-state index is 13.2. The molecule has 0 aromatic carbocycles. The van der Waals surface area contributed by atoms with Crippen molar-refractivity contribution in [3.63, 3.8) is 0 Å². The van der Waals surface area contributed by atoms with Gasteiger partial charge in [0.1, 0.15) is 0 Å². The molecular weight excluding hydrogens is 753 g/mol. The highest BCUT2D eigenvalue weighted by Crippen LogP contribution is 2.18. The van der Waals surface area contributed by atoms with Crippen LogP contribution in [0.3, 0.4) is 0 Å². The second-order valence-corrected chi connectivity index (χ2v) is 21.2. The number of amides is 2. The van der Waals surface area contributed by atoms with E-state index in [9.17, 15) is 9.59 Å². The van der Waals surface area contributed by atoms with Crippen molar-refractivity contribution in [3.8, 4) is 0 Å². The van der Waals surface area contributed by atoms with Gasteiger partial charge in [0, 0.05) is 85.0 Å². The van der Waals surface area contributed by atoms with Gasteiger partial charge in [-0.25, -0.2) is 0 Å². The molecule has 0 radical (unpaired) electrons. The van der Waals surface area contributed by atoms with E-state index in [4.69, 9.17) is 0 Å². The molecule has 0 aliphatic carbocycles. The highest BCUT2D eigenvalue weighted by Gasteiger charge is 2.15. The Morgan fingerprint density at radius 2 is 0.509 bits per heavy atom. The predicted octanol–water partition coefficient (Wildman–Crippen LogP) is 14.7. The summed E-state index contributed by atoms with van der Waals surface area (Å²) in [5.41, 5.74) is 0. The Balaban J connectivity index is 2.15. The lowest BCUT2D eigenvalue weighted by molar-refractivity contribution is -0.131. The lowest BCUT2D eigenvalue weighted by atomic mass is 10.0. The summed E-state index contributed by atoms with van der Waals surface area (Å²) >= 11 is 7.98. The van der Waals surface area contributed by atoms with Gasteiger partial charge in [0.2, 0.25) is 11.8 Å². The number of rotatable bonds is 31. The first-order valence-corrected chi connectivity index (χ1v) is 28.7. The summed E-state index contributed by atoms with van der Waals surface area (Å²) < 4.78 is 0. The maximum Gasteiger partial charge on any atom is 0.222 e. The Labute approximate surface area is 361 Å². The lowest BCUT2D eigenvalue weighted by Gasteiger charge is -2.24. The van der Waals surface area contributed by atoms with Gasteiger partial charge in [-0.05, 0) is 12.8 Å². The standard InChI is InChI=1S/C47H92N2O2S4/c1-3-5-7-9-11-13-15-17-19-21-23-25-27-29-31-33-47(51)49-36-40-54-44-42-52-38-34-48(35-39-53-43-45-55-41-37-49)46(50)32-30-28-26-24-22-20-18-16-14-12-10-8-6-4-2/h3-45H2,1-2H3. The molecule has 4 nitrogen and oxygen atoms in total. The van der Waals surface area contributed by atoms with E-state index in [1.807, 2.05) is 47.0 Å². The zero-order valence-electron chi connectivity index (χ0n) is 36.7. The normalized spacial score (nSPS) is 15.9. The van der Waals surface area contributed by atoms with E-state index in [1.54, 1.807) is 0 Å². The first-order valence-electron chi connectivity index (χ1n) is 24.1. The van der Waals surface area contributed by atoms with Crippen LogP contribution < -0.4 is 0 Å². The molecule has 1 saturated heterocycles. The number of unbranched alkanes of at least 4 members (excludes halogenated alkanes) is 27. The minimum Gasteiger partial charge on any atom is -0.341 e. The van der Waals surface area contributed by atoms with Crippen LogP contribution >= 0.6 is 47.0 Å². The van der Waals surface area contributed by atoms with Crippen molar-refractivity contribution in [2.45, 2.75) is 213 Å². The molecule has 1 aliphatic heterocycles. The molecule has 326 valence electrons. The monoisotopic (exact) mass is 845 g/mol. The van der Waals surface area contributed by atoms with Gasteiger partial charge in [0.05, 0.1) is 0 Å². The van der Waals surface area contributed by atoms with E-state index in [-0.39, 0.29) is 0 Å². The number of thioether (sulfide) groups is 4. The fourth-order valence-electron chi connectivity index (χ4n) is 7.50. The van der Waals surface area contributed by atoms with Crippen LogP contribution in [0.4, 0.5) is 0 Å². The van der Waals surface area contributed by atoms with Crippen molar-refractivity contribution < 1.29 is 9.59 Å². The van der Waals surface area contributed by atoms with Crippen molar-refractivity contribution in [3.05, 3.63) is 0 Å². The van der Waals surface area contributed by atoms with Crippen LogP contribution in [-0.4, -0.2) is 93.8 Å². The summed E-state index contributed by atoms with van der Waals surface area (Å²) in [5.74, 6) is 9.43.